The van der Waals surface area contributed by atoms with Crippen LogP contribution in [-0.4, -0.2) is 26.2 Å². The summed E-state index contributed by atoms with van der Waals surface area (Å²) in [6, 6.07) is 8.11. The number of aliphatic imine (C=N–C) groups is 1. The van der Waals surface area contributed by atoms with Crippen molar-refractivity contribution in [2.75, 3.05) is 20.2 Å². The van der Waals surface area contributed by atoms with Crippen molar-refractivity contribution in [2.45, 2.75) is 19.8 Å². The minimum atomic E-state index is 0. The average Bonchev–Trinajstić information content (AvgIpc) is 2.41. The summed E-state index contributed by atoms with van der Waals surface area (Å²) in [6.45, 7) is 7.09. The Hall–Kier alpha value is -1.24. The van der Waals surface area contributed by atoms with Gasteiger partial charge in [0, 0.05) is 6.54 Å². The highest BCUT2D eigenvalue weighted by Crippen LogP contribution is 2.13. The molecule has 0 aliphatic heterocycles. The standard InChI is InChI=1S/C15H23N3O.HI/c1-12(2)11-18-15(16)17-9-5-7-13-6-4-8-14(10-13)19-3;/h4,6,8,10H,1,5,7,9,11H2,2-3H3,(H3,16,17,18);1H. The van der Waals surface area contributed by atoms with Crippen LogP contribution in [0.4, 0.5) is 0 Å². The maximum Gasteiger partial charge on any atom is 0.188 e. The van der Waals surface area contributed by atoms with Gasteiger partial charge in [-0.05, 0) is 37.5 Å². The monoisotopic (exact) mass is 389 g/mol. The number of nitrogens with two attached hydrogens (primary N) is 1. The molecule has 0 bridgehead atoms. The summed E-state index contributed by atoms with van der Waals surface area (Å²) in [5.74, 6) is 1.38. The van der Waals surface area contributed by atoms with E-state index < -0.39 is 0 Å². The van der Waals surface area contributed by atoms with Gasteiger partial charge in [-0.3, -0.25) is 0 Å². The molecular weight excluding hydrogens is 365 g/mol. The second kappa shape index (κ2) is 10.5. The molecule has 4 nitrogen and oxygen atoms in total. The van der Waals surface area contributed by atoms with E-state index in [0.717, 1.165) is 30.7 Å². The van der Waals surface area contributed by atoms with Gasteiger partial charge >= 0.3 is 0 Å². The molecule has 0 aromatic heterocycles. The number of hydrogen-bond donors (Lipinski definition) is 2. The summed E-state index contributed by atoms with van der Waals surface area (Å²) in [5.41, 5.74) is 7.99. The molecule has 20 heavy (non-hydrogen) atoms. The third-order valence-corrected chi connectivity index (χ3v) is 2.60. The Morgan fingerprint density at radius 3 is 2.85 bits per heavy atom. The van der Waals surface area contributed by atoms with Crippen molar-refractivity contribution < 1.29 is 4.74 Å². The number of guanidine groups is 1. The van der Waals surface area contributed by atoms with Gasteiger partial charge in [0.15, 0.2) is 5.96 Å². The normalized spacial score (nSPS) is 10.6. The minimum absolute atomic E-state index is 0. The largest absolute Gasteiger partial charge is 0.497 e. The predicted molar refractivity (Wildman–Crippen MR) is 96.0 cm³/mol. The molecule has 0 aliphatic rings. The maximum absolute atomic E-state index is 5.72. The average molecular weight is 389 g/mol. The van der Waals surface area contributed by atoms with Gasteiger partial charge in [0.2, 0.25) is 0 Å². The number of aryl methyl sites for hydroxylation is 1. The molecule has 0 unspecified atom stereocenters. The molecule has 0 aliphatic carbocycles. The number of hydrogen-bond acceptors (Lipinski definition) is 2. The number of methoxy groups -OCH3 is 1. The van der Waals surface area contributed by atoms with Crippen molar-refractivity contribution in [1.82, 2.24) is 5.32 Å². The van der Waals surface area contributed by atoms with Gasteiger partial charge in [-0.2, -0.15) is 0 Å². The Balaban J connectivity index is 0.00000361. The van der Waals surface area contributed by atoms with Crippen molar-refractivity contribution in [1.29, 1.82) is 0 Å². The molecule has 1 rings (SSSR count). The second-order valence-electron chi connectivity index (χ2n) is 4.54. The van der Waals surface area contributed by atoms with Gasteiger partial charge in [-0.15, -0.1) is 24.0 Å². The Morgan fingerprint density at radius 1 is 1.45 bits per heavy atom. The molecule has 0 saturated heterocycles. The topological polar surface area (TPSA) is 59.6 Å². The van der Waals surface area contributed by atoms with Crippen LogP contribution in [-0.2, 0) is 6.42 Å². The zero-order valence-electron chi connectivity index (χ0n) is 12.2. The third kappa shape index (κ3) is 8.04. The Labute approximate surface area is 138 Å². The minimum Gasteiger partial charge on any atom is -0.497 e. The molecule has 0 atom stereocenters. The molecule has 1 aromatic carbocycles. The molecule has 3 N–H and O–H groups in total. The van der Waals surface area contributed by atoms with Crippen LogP contribution in [0.1, 0.15) is 18.9 Å². The Bertz CT molecular complexity index is 446. The predicted octanol–water partition coefficient (Wildman–Crippen LogP) is 2.73. The lowest BCUT2D eigenvalue weighted by molar-refractivity contribution is 0.414. The molecule has 0 spiro atoms. The number of rotatable bonds is 7. The SMILES string of the molecule is C=C(C)CN=C(N)NCCCc1cccc(OC)c1.I. The number of halogens is 1. The number of nitrogens with zero attached hydrogens (tertiary/aromatic N) is 1. The van der Waals surface area contributed by atoms with Gasteiger partial charge < -0.3 is 15.8 Å². The van der Waals surface area contributed by atoms with E-state index in [1.54, 1.807) is 7.11 Å². The van der Waals surface area contributed by atoms with Crippen molar-refractivity contribution in [2.24, 2.45) is 10.7 Å². The first-order valence-corrected chi connectivity index (χ1v) is 6.43. The smallest absolute Gasteiger partial charge is 0.188 e. The van der Waals surface area contributed by atoms with Gasteiger partial charge in [-0.1, -0.05) is 24.3 Å². The zero-order valence-corrected chi connectivity index (χ0v) is 14.5. The van der Waals surface area contributed by atoms with Crippen molar-refractivity contribution in [3.05, 3.63) is 42.0 Å². The summed E-state index contributed by atoms with van der Waals surface area (Å²) in [7, 11) is 1.68. The summed E-state index contributed by atoms with van der Waals surface area (Å²) in [4.78, 5) is 4.16. The van der Waals surface area contributed by atoms with E-state index in [2.05, 4.69) is 29.0 Å². The van der Waals surface area contributed by atoms with E-state index in [1.807, 2.05) is 19.1 Å². The van der Waals surface area contributed by atoms with Crippen LogP contribution in [0.25, 0.3) is 0 Å². The number of benzene rings is 1. The van der Waals surface area contributed by atoms with E-state index in [9.17, 15) is 0 Å². The molecule has 112 valence electrons. The van der Waals surface area contributed by atoms with Crippen LogP contribution < -0.4 is 15.8 Å². The van der Waals surface area contributed by atoms with Gasteiger partial charge in [0.1, 0.15) is 5.75 Å². The summed E-state index contributed by atoms with van der Waals surface area (Å²) in [6.07, 6.45) is 1.98. The summed E-state index contributed by atoms with van der Waals surface area (Å²) >= 11 is 0. The fraction of sp³-hybridized carbons (Fsp3) is 0.400. The zero-order chi connectivity index (χ0) is 14.1. The molecule has 1 aromatic rings. The Morgan fingerprint density at radius 2 is 2.20 bits per heavy atom. The van der Waals surface area contributed by atoms with Crippen molar-refractivity contribution >= 4 is 29.9 Å². The first kappa shape index (κ1) is 18.8. The van der Waals surface area contributed by atoms with Crippen LogP contribution in [0.15, 0.2) is 41.4 Å². The summed E-state index contributed by atoms with van der Waals surface area (Å²) < 4.78 is 5.19. The third-order valence-electron chi connectivity index (χ3n) is 2.60. The van der Waals surface area contributed by atoms with Crippen LogP contribution in [0, 0.1) is 0 Å². The maximum atomic E-state index is 5.72. The highest BCUT2D eigenvalue weighted by Gasteiger charge is 1.97. The first-order chi connectivity index (χ1) is 9.11. The van der Waals surface area contributed by atoms with Gasteiger partial charge in [0.25, 0.3) is 0 Å². The highest BCUT2D eigenvalue weighted by molar-refractivity contribution is 14.0. The lowest BCUT2D eigenvalue weighted by Crippen LogP contribution is -2.32. The van der Waals surface area contributed by atoms with Crippen molar-refractivity contribution in [3.8, 4) is 5.75 Å². The van der Waals surface area contributed by atoms with Gasteiger partial charge in [0.05, 0.1) is 13.7 Å². The first-order valence-electron chi connectivity index (χ1n) is 6.43. The Kier molecular flexibility index (Phi) is 9.88. The molecule has 0 saturated carbocycles. The molecule has 0 heterocycles. The summed E-state index contributed by atoms with van der Waals surface area (Å²) in [5, 5.41) is 3.09. The number of nitrogens with one attached hydrogen (secondary N) is 1. The van der Waals surface area contributed by atoms with Crippen molar-refractivity contribution in [3.63, 3.8) is 0 Å². The van der Waals surface area contributed by atoms with E-state index in [-0.39, 0.29) is 24.0 Å². The quantitative estimate of drug-likeness (QED) is 0.248. The van der Waals surface area contributed by atoms with E-state index in [0.29, 0.717) is 12.5 Å². The fourth-order valence-electron chi connectivity index (χ4n) is 1.61. The van der Waals surface area contributed by atoms with Crippen LogP contribution in [0.2, 0.25) is 0 Å². The fourth-order valence-corrected chi connectivity index (χ4v) is 1.61. The second-order valence-corrected chi connectivity index (χ2v) is 4.54. The molecular formula is C15H24IN3O. The van der Waals surface area contributed by atoms with Crippen LogP contribution in [0.5, 0.6) is 5.75 Å². The van der Waals surface area contributed by atoms with E-state index in [1.165, 1.54) is 5.56 Å². The van der Waals surface area contributed by atoms with Crippen LogP contribution in [0.3, 0.4) is 0 Å². The van der Waals surface area contributed by atoms with E-state index in [4.69, 9.17) is 10.5 Å². The van der Waals surface area contributed by atoms with Crippen LogP contribution >= 0.6 is 24.0 Å². The highest BCUT2D eigenvalue weighted by atomic mass is 127. The molecule has 5 heteroatoms. The molecule has 0 fully saturated rings. The molecule has 0 radical (unpaired) electrons. The lowest BCUT2D eigenvalue weighted by Gasteiger charge is -2.07. The van der Waals surface area contributed by atoms with Gasteiger partial charge in [-0.25, -0.2) is 4.99 Å². The number of ether oxygens (including phenoxy) is 1. The molecule has 0 amide bonds. The lowest BCUT2D eigenvalue weighted by atomic mass is 10.1. The van der Waals surface area contributed by atoms with E-state index >= 15 is 0 Å².